The van der Waals surface area contributed by atoms with Crippen molar-refractivity contribution in [2.75, 3.05) is 19.7 Å². The van der Waals surface area contributed by atoms with E-state index in [1.807, 2.05) is 6.92 Å². The molecule has 3 heteroatoms. The third-order valence-electron chi connectivity index (χ3n) is 3.20. The molecular formula is C11H21NO2. The van der Waals surface area contributed by atoms with Gasteiger partial charge in [0.2, 0.25) is 0 Å². The van der Waals surface area contributed by atoms with E-state index in [0.717, 1.165) is 25.9 Å². The highest BCUT2D eigenvalue weighted by atomic mass is 16.5. The Balaban J connectivity index is 2.74. The molecule has 1 saturated heterocycles. The van der Waals surface area contributed by atoms with Crippen molar-refractivity contribution >= 4 is 5.97 Å². The van der Waals surface area contributed by atoms with E-state index in [0.29, 0.717) is 12.5 Å². The van der Waals surface area contributed by atoms with E-state index in [1.54, 1.807) is 0 Å². The van der Waals surface area contributed by atoms with Gasteiger partial charge in [-0.1, -0.05) is 13.8 Å². The summed E-state index contributed by atoms with van der Waals surface area (Å²) in [6.07, 6.45) is 2.02. The lowest BCUT2D eigenvalue weighted by Crippen LogP contribution is -2.49. The third kappa shape index (κ3) is 2.08. The van der Waals surface area contributed by atoms with Crippen LogP contribution in [0.25, 0.3) is 0 Å². The maximum absolute atomic E-state index is 11.9. The van der Waals surface area contributed by atoms with Crippen molar-refractivity contribution < 1.29 is 9.53 Å². The van der Waals surface area contributed by atoms with Crippen LogP contribution in [0.3, 0.4) is 0 Å². The maximum atomic E-state index is 11.9. The van der Waals surface area contributed by atoms with Crippen molar-refractivity contribution in [2.24, 2.45) is 11.3 Å². The SMILES string of the molecule is CCOC(=O)C1(C(C)C)CCCNC1. The monoisotopic (exact) mass is 199 g/mol. The van der Waals surface area contributed by atoms with Gasteiger partial charge in [0.25, 0.3) is 0 Å². The van der Waals surface area contributed by atoms with Gasteiger partial charge in [0.05, 0.1) is 12.0 Å². The first kappa shape index (κ1) is 11.5. The summed E-state index contributed by atoms with van der Waals surface area (Å²) in [6, 6.07) is 0. The molecule has 1 N–H and O–H groups in total. The van der Waals surface area contributed by atoms with Crippen LogP contribution < -0.4 is 5.32 Å². The van der Waals surface area contributed by atoms with Gasteiger partial charge in [0.15, 0.2) is 0 Å². The molecule has 1 rings (SSSR count). The number of carbonyl (C=O) groups is 1. The first-order valence-corrected chi connectivity index (χ1v) is 5.51. The summed E-state index contributed by atoms with van der Waals surface area (Å²) in [5.41, 5.74) is -0.283. The van der Waals surface area contributed by atoms with E-state index >= 15 is 0 Å². The number of carbonyl (C=O) groups excluding carboxylic acids is 1. The minimum Gasteiger partial charge on any atom is -0.466 e. The van der Waals surface area contributed by atoms with Gasteiger partial charge in [-0.25, -0.2) is 0 Å². The average molecular weight is 199 g/mol. The second kappa shape index (κ2) is 4.78. The third-order valence-corrected chi connectivity index (χ3v) is 3.20. The first-order valence-electron chi connectivity index (χ1n) is 5.51. The Bertz CT molecular complexity index is 195. The summed E-state index contributed by atoms with van der Waals surface area (Å²) in [4.78, 5) is 11.9. The van der Waals surface area contributed by atoms with Crippen LogP contribution in [0, 0.1) is 11.3 Å². The van der Waals surface area contributed by atoms with Crippen molar-refractivity contribution in [3.63, 3.8) is 0 Å². The van der Waals surface area contributed by atoms with Crippen LogP contribution in [-0.4, -0.2) is 25.7 Å². The second-order valence-electron chi connectivity index (χ2n) is 4.31. The van der Waals surface area contributed by atoms with Crippen molar-refractivity contribution in [3.05, 3.63) is 0 Å². The Hall–Kier alpha value is -0.570. The summed E-state index contributed by atoms with van der Waals surface area (Å²) in [5, 5.41) is 3.30. The first-order chi connectivity index (χ1) is 6.63. The zero-order valence-corrected chi connectivity index (χ0v) is 9.43. The van der Waals surface area contributed by atoms with Crippen LogP contribution in [-0.2, 0) is 9.53 Å². The Kier molecular flexibility index (Phi) is 3.93. The van der Waals surface area contributed by atoms with Crippen LogP contribution in [0.15, 0.2) is 0 Å². The molecule has 0 aliphatic carbocycles. The number of hydrogen-bond acceptors (Lipinski definition) is 3. The molecule has 0 saturated carbocycles. The highest BCUT2D eigenvalue weighted by Crippen LogP contribution is 2.35. The van der Waals surface area contributed by atoms with E-state index in [1.165, 1.54) is 0 Å². The minimum absolute atomic E-state index is 0.0257. The quantitative estimate of drug-likeness (QED) is 0.701. The number of rotatable bonds is 3. The van der Waals surface area contributed by atoms with Gasteiger partial charge in [-0.2, -0.15) is 0 Å². The number of nitrogens with one attached hydrogen (secondary N) is 1. The van der Waals surface area contributed by atoms with Gasteiger partial charge < -0.3 is 10.1 Å². The topological polar surface area (TPSA) is 38.3 Å². The molecular weight excluding hydrogens is 178 g/mol. The molecule has 1 aliphatic heterocycles. The smallest absolute Gasteiger partial charge is 0.313 e. The standard InChI is InChI=1S/C11H21NO2/c1-4-14-10(13)11(9(2)3)6-5-7-12-8-11/h9,12H,4-8H2,1-3H3. The molecule has 1 fully saturated rings. The molecule has 1 heterocycles. The van der Waals surface area contributed by atoms with Crippen LogP contribution in [0.1, 0.15) is 33.6 Å². The molecule has 14 heavy (non-hydrogen) atoms. The molecule has 0 aromatic carbocycles. The molecule has 0 spiro atoms. The maximum Gasteiger partial charge on any atom is 0.313 e. The summed E-state index contributed by atoms with van der Waals surface area (Å²) >= 11 is 0. The Labute approximate surface area is 86.2 Å². The second-order valence-corrected chi connectivity index (χ2v) is 4.31. The lowest BCUT2D eigenvalue weighted by atomic mass is 9.72. The Morgan fingerprint density at radius 1 is 1.57 bits per heavy atom. The summed E-state index contributed by atoms with van der Waals surface area (Å²) < 4.78 is 5.17. The van der Waals surface area contributed by atoms with Gasteiger partial charge >= 0.3 is 5.97 Å². The lowest BCUT2D eigenvalue weighted by molar-refractivity contribution is -0.159. The van der Waals surface area contributed by atoms with Gasteiger partial charge in [0, 0.05) is 6.54 Å². The highest BCUT2D eigenvalue weighted by Gasteiger charge is 2.43. The molecule has 0 aromatic heterocycles. The molecule has 1 aliphatic rings. The van der Waals surface area contributed by atoms with Crippen molar-refractivity contribution in [2.45, 2.75) is 33.6 Å². The number of esters is 1. The van der Waals surface area contributed by atoms with Gasteiger partial charge in [0.1, 0.15) is 0 Å². The molecule has 1 atom stereocenters. The van der Waals surface area contributed by atoms with E-state index in [9.17, 15) is 4.79 Å². The molecule has 0 bridgehead atoms. The summed E-state index contributed by atoms with van der Waals surface area (Å²) in [6.45, 7) is 8.33. The zero-order chi connectivity index (χ0) is 10.6. The fourth-order valence-corrected chi connectivity index (χ4v) is 2.11. The molecule has 82 valence electrons. The van der Waals surface area contributed by atoms with Gasteiger partial charge in [-0.05, 0) is 32.2 Å². The summed E-state index contributed by atoms with van der Waals surface area (Å²) in [5.74, 6) is 0.316. The van der Waals surface area contributed by atoms with Crippen LogP contribution in [0.4, 0.5) is 0 Å². The predicted molar refractivity (Wildman–Crippen MR) is 56.0 cm³/mol. The highest BCUT2D eigenvalue weighted by molar-refractivity contribution is 5.77. The van der Waals surface area contributed by atoms with E-state index < -0.39 is 0 Å². The van der Waals surface area contributed by atoms with Gasteiger partial charge in [-0.3, -0.25) is 4.79 Å². The zero-order valence-electron chi connectivity index (χ0n) is 9.43. The fraction of sp³-hybridized carbons (Fsp3) is 0.909. The average Bonchev–Trinajstić information content (AvgIpc) is 2.19. The Morgan fingerprint density at radius 2 is 2.29 bits per heavy atom. The van der Waals surface area contributed by atoms with Crippen LogP contribution >= 0.6 is 0 Å². The number of hydrogen-bond donors (Lipinski definition) is 1. The summed E-state index contributed by atoms with van der Waals surface area (Å²) in [7, 11) is 0. The van der Waals surface area contributed by atoms with E-state index in [2.05, 4.69) is 19.2 Å². The Morgan fingerprint density at radius 3 is 2.71 bits per heavy atom. The van der Waals surface area contributed by atoms with E-state index in [-0.39, 0.29) is 11.4 Å². The largest absolute Gasteiger partial charge is 0.466 e. The van der Waals surface area contributed by atoms with Crippen LogP contribution in [0.2, 0.25) is 0 Å². The van der Waals surface area contributed by atoms with Crippen LogP contribution in [0.5, 0.6) is 0 Å². The number of piperidine rings is 1. The normalized spacial score (nSPS) is 27.7. The number of ether oxygens (including phenoxy) is 1. The lowest BCUT2D eigenvalue weighted by Gasteiger charge is -2.38. The van der Waals surface area contributed by atoms with Gasteiger partial charge in [-0.15, -0.1) is 0 Å². The minimum atomic E-state index is -0.283. The van der Waals surface area contributed by atoms with E-state index in [4.69, 9.17) is 4.74 Å². The fourth-order valence-electron chi connectivity index (χ4n) is 2.11. The predicted octanol–water partition coefficient (Wildman–Crippen LogP) is 1.58. The van der Waals surface area contributed by atoms with Crippen molar-refractivity contribution in [1.29, 1.82) is 0 Å². The van der Waals surface area contributed by atoms with Crippen molar-refractivity contribution in [1.82, 2.24) is 5.32 Å². The molecule has 1 unspecified atom stereocenters. The molecule has 3 nitrogen and oxygen atoms in total. The van der Waals surface area contributed by atoms with Crippen molar-refractivity contribution in [3.8, 4) is 0 Å². The molecule has 0 amide bonds. The molecule has 0 radical (unpaired) electrons. The molecule has 0 aromatic rings.